The summed E-state index contributed by atoms with van der Waals surface area (Å²) in [7, 11) is 2.02. The molecular weight excluding hydrogens is 436 g/mol. The number of nitrogens with one attached hydrogen (secondary N) is 1. The number of hydrogen-bond acceptors (Lipinski definition) is 4. The van der Waals surface area contributed by atoms with Gasteiger partial charge in [-0.2, -0.15) is 0 Å². The number of aryl methyl sites for hydroxylation is 2. The standard InChI is InChI=1S/C29H36N4O2/c1-19-15-23(17-30-28(19)21-5-8-24(9-6-21)33-11-13-35-14-12-33)31-29(34)26-18-32(2)27-16-22(20-3-4-20)7-10-25(26)27/h7,10,15-18,20-21,24H,3-6,8-9,11-14H2,1-2H3,(H,31,34)/t21-,24-. The highest BCUT2D eigenvalue weighted by atomic mass is 16.5. The maximum Gasteiger partial charge on any atom is 0.257 e. The van der Waals surface area contributed by atoms with Gasteiger partial charge in [0.2, 0.25) is 0 Å². The Morgan fingerprint density at radius 3 is 2.49 bits per heavy atom. The molecule has 6 nitrogen and oxygen atoms in total. The Balaban J connectivity index is 1.13. The summed E-state index contributed by atoms with van der Waals surface area (Å²) >= 11 is 0. The molecule has 2 saturated carbocycles. The highest BCUT2D eigenvalue weighted by molar-refractivity contribution is 6.13. The Morgan fingerprint density at radius 2 is 1.77 bits per heavy atom. The zero-order valence-corrected chi connectivity index (χ0v) is 20.9. The van der Waals surface area contributed by atoms with Gasteiger partial charge in [0.15, 0.2) is 0 Å². The first-order valence-corrected chi connectivity index (χ1v) is 13.3. The predicted octanol–water partition coefficient (Wildman–Crippen LogP) is 5.37. The third kappa shape index (κ3) is 4.62. The Morgan fingerprint density at radius 1 is 1.03 bits per heavy atom. The summed E-state index contributed by atoms with van der Waals surface area (Å²) in [6.07, 6.45) is 11.2. The fraction of sp³-hybridized carbons (Fsp3) is 0.517. The molecule has 0 atom stereocenters. The minimum absolute atomic E-state index is 0.0743. The number of morpholine rings is 1. The first-order chi connectivity index (χ1) is 17.1. The van der Waals surface area contributed by atoms with Gasteiger partial charge in [-0.1, -0.05) is 12.1 Å². The summed E-state index contributed by atoms with van der Waals surface area (Å²) < 4.78 is 7.58. The van der Waals surface area contributed by atoms with Gasteiger partial charge >= 0.3 is 0 Å². The predicted molar refractivity (Wildman–Crippen MR) is 139 cm³/mol. The van der Waals surface area contributed by atoms with Crippen molar-refractivity contribution in [3.05, 3.63) is 59.0 Å². The monoisotopic (exact) mass is 472 g/mol. The average molecular weight is 473 g/mol. The summed E-state index contributed by atoms with van der Waals surface area (Å²) in [6, 6.07) is 9.32. The number of carbonyl (C=O) groups is 1. The molecule has 1 aromatic carbocycles. The Kier molecular flexibility index (Phi) is 6.11. The van der Waals surface area contributed by atoms with E-state index in [-0.39, 0.29) is 5.91 Å². The molecule has 1 saturated heterocycles. The van der Waals surface area contributed by atoms with Crippen LogP contribution >= 0.6 is 0 Å². The molecule has 3 aliphatic rings. The van der Waals surface area contributed by atoms with E-state index in [0.29, 0.717) is 23.4 Å². The molecule has 0 bridgehead atoms. The maximum absolute atomic E-state index is 13.2. The van der Waals surface area contributed by atoms with Gasteiger partial charge in [0.1, 0.15) is 0 Å². The zero-order chi connectivity index (χ0) is 23.9. The van der Waals surface area contributed by atoms with Crippen LogP contribution in [0.25, 0.3) is 10.9 Å². The van der Waals surface area contributed by atoms with Crippen molar-refractivity contribution < 1.29 is 9.53 Å². The second kappa shape index (κ2) is 9.40. The number of pyridine rings is 1. The molecule has 6 heteroatoms. The molecule has 3 aromatic rings. The van der Waals surface area contributed by atoms with E-state index in [4.69, 9.17) is 9.72 Å². The molecule has 184 valence electrons. The number of carbonyl (C=O) groups excluding carboxylic acids is 1. The number of benzene rings is 1. The van der Waals surface area contributed by atoms with E-state index in [2.05, 4.69) is 46.0 Å². The van der Waals surface area contributed by atoms with Gasteiger partial charge in [-0.15, -0.1) is 0 Å². The van der Waals surface area contributed by atoms with Gasteiger partial charge in [-0.3, -0.25) is 14.7 Å². The van der Waals surface area contributed by atoms with Crippen LogP contribution in [0.2, 0.25) is 0 Å². The summed E-state index contributed by atoms with van der Waals surface area (Å²) in [5.41, 5.74) is 6.36. The number of rotatable bonds is 5. The lowest BCUT2D eigenvalue weighted by atomic mass is 9.82. The van der Waals surface area contributed by atoms with Crippen LogP contribution in [0.4, 0.5) is 5.69 Å². The second-order valence-corrected chi connectivity index (χ2v) is 10.7. The fourth-order valence-electron chi connectivity index (χ4n) is 6.19. The van der Waals surface area contributed by atoms with Gasteiger partial charge in [-0.05, 0) is 74.6 Å². The number of anilines is 1. The highest BCUT2D eigenvalue weighted by Crippen LogP contribution is 2.41. The van der Waals surface area contributed by atoms with Crippen LogP contribution in [-0.2, 0) is 11.8 Å². The molecule has 0 radical (unpaired) electrons. The third-order valence-electron chi connectivity index (χ3n) is 8.33. The Labute approximate surface area is 207 Å². The largest absolute Gasteiger partial charge is 0.379 e. The van der Waals surface area contributed by atoms with E-state index in [1.54, 1.807) is 0 Å². The molecule has 3 fully saturated rings. The molecule has 1 aliphatic heterocycles. The lowest BCUT2D eigenvalue weighted by molar-refractivity contribution is 0.00720. The molecule has 1 amide bonds. The molecule has 6 rings (SSSR count). The lowest BCUT2D eigenvalue weighted by Crippen LogP contribution is -2.44. The smallest absolute Gasteiger partial charge is 0.257 e. The second-order valence-electron chi connectivity index (χ2n) is 10.7. The van der Waals surface area contributed by atoms with Gasteiger partial charge in [-0.25, -0.2) is 0 Å². The van der Waals surface area contributed by atoms with Crippen molar-refractivity contribution >= 4 is 22.5 Å². The number of aromatic nitrogens is 2. The minimum Gasteiger partial charge on any atom is -0.379 e. The van der Waals surface area contributed by atoms with Crippen molar-refractivity contribution in [2.75, 3.05) is 31.6 Å². The number of ether oxygens (including phenoxy) is 1. The van der Waals surface area contributed by atoms with Crippen molar-refractivity contribution in [3.63, 3.8) is 0 Å². The topological polar surface area (TPSA) is 59.4 Å². The molecule has 2 aromatic heterocycles. The third-order valence-corrected chi connectivity index (χ3v) is 8.33. The zero-order valence-electron chi connectivity index (χ0n) is 20.9. The average Bonchev–Trinajstić information content (AvgIpc) is 3.68. The van der Waals surface area contributed by atoms with Gasteiger partial charge in [0.25, 0.3) is 5.91 Å². The minimum atomic E-state index is -0.0743. The highest BCUT2D eigenvalue weighted by Gasteiger charge is 2.29. The molecule has 0 spiro atoms. The van der Waals surface area contributed by atoms with E-state index in [1.807, 2.05) is 19.4 Å². The summed E-state index contributed by atoms with van der Waals surface area (Å²) in [5.74, 6) is 1.14. The van der Waals surface area contributed by atoms with Crippen LogP contribution in [0.3, 0.4) is 0 Å². The maximum atomic E-state index is 13.2. The van der Waals surface area contributed by atoms with Crippen molar-refractivity contribution in [2.45, 2.75) is 63.3 Å². The van der Waals surface area contributed by atoms with E-state index in [9.17, 15) is 4.79 Å². The molecular formula is C29H36N4O2. The first-order valence-electron chi connectivity index (χ1n) is 13.3. The molecule has 35 heavy (non-hydrogen) atoms. The SMILES string of the molecule is Cc1cc(NC(=O)c2cn(C)c3cc(C4CC4)ccc23)cnc1[C@H]1CC[C@H](N2CCOCC2)CC1. The first kappa shape index (κ1) is 22.7. The van der Waals surface area contributed by atoms with Crippen molar-refractivity contribution in [2.24, 2.45) is 7.05 Å². The number of fused-ring (bicyclic) bond motifs is 1. The molecule has 1 N–H and O–H groups in total. The van der Waals surface area contributed by atoms with E-state index >= 15 is 0 Å². The van der Waals surface area contributed by atoms with Crippen LogP contribution < -0.4 is 5.32 Å². The Bertz CT molecular complexity index is 1230. The van der Waals surface area contributed by atoms with Crippen molar-refractivity contribution in [1.29, 1.82) is 0 Å². The van der Waals surface area contributed by atoms with E-state index in [0.717, 1.165) is 42.9 Å². The summed E-state index contributed by atoms with van der Waals surface area (Å²) in [5, 5.41) is 4.11. The molecule has 2 aliphatic carbocycles. The van der Waals surface area contributed by atoms with E-state index in [1.165, 1.54) is 55.3 Å². The van der Waals surface area contributed by atoms with E-state index < -0.39 is 0 Å². The van der Waals surface area contributed by atoms with Crippen LogP contribution in [0.15, 0.2) is 36.7 Å². The molecule has 3 heterocycles. The van der Waals surface area contributed by atoms with Gasteiger partial charge in [0.05, 0.1) is 30.7 Å². The van der Waals surface area contributed by atoms with Crippen molar-refractivity contribution in [1.82, 2.24) is 14.5 Å². The van der Waals surface area contributed by atoms with Gasteiger partial charge < -0.3 is 14.6 Å². The number of nitrogens with zero attached hydrogens (tertiary/aromatic N) is 3. The van der Waals surface area contributed by atoms with Crippen LogP contribution in [0.1, 0.15) is 77.5 Å². The normalized spacial score (nSPS) is 23.5. The van der Waals surface area contributed by atoms with Crippen molar-refractivity contribution in [3.8, 4) is 0 Å². The molecule has 0 unspecified atom stereocenters. The lowest BCUT2D eigenvalue weighted by Gasteiger charge is -2.38. The van der Waals surface area contributed by atoms with Gasteiger partial charge in [0, 0.05) is 54.9 Å². The number of hydrogen-bond donors (Lipinski definition) is 1. The fourth-order valence-corrected chi connectivity index (χ4v) is 6.19. The summed E-state index contributed by atoms with van der Waals surface area (Å²) in [6.45, 7) is 6.00. The quantitative estimate of drug-likeness (QED) is 0.542. The van der Waals surface area contributed by atoms with Crippen LogP contribution in [0, 0.1) is 6.92 Å². The summed E-state index contributed by atoms with van der Waals surface area (Å²) in [4.78, 5) is 20.6. The Hall–Kier alpha value is -2.70. The van der Waals surface area contributed by atoms with Crippen LogP contribution in [-0.4, -0.2) is 52.7 Å². The number of amides is 1. The van der Waals surface area contributed by atoms with Crippen LogP contribution in [0.5, 0.6) is 0 Å².